The maximum atomic E-state index is 13.3. The number of likely N-dealkylation sites (N-methyl/N-ethyl adjacent to an activating group) is 1. The number of nitrogens with one attached hydrogen (secondary N) is 1. The molecule has 0 saturated carbocycles. The quantitative estimate of drug-likeness (QED) is 0.621. The van der Waals surface area contributed by atoms with Gasteiger partial charge in [-0.1, -0.05) is 36.4 Å². The monoisotopic (exact) mass is 459 g/mol. The van der Waals surface area contributed by atoms with E-state index >= 15 is 0 Å². The van der Waals surface area contributed by atoms with Gasteiger partial charge in [-0.15, -0.1) is 0 Å². The van der Waals surface area contributed by atoms with Crippen molar-refractivity contribution in [3.05, 3.63) is 66.2 Å². The highest BCUT2D eigenvalue weighted by molar-refractivity contribution is 6.05. The van der Waals surface area contributed by atoms with Gasteiger partial charge >= 0.3 is 0 Å². The number of methoxy groups -OCH3 is 1. The molecule has 1 N–H and O–H groups in total. The number of rotatable bonds is 5. The van der Waals surface area contributed by atoms with Crippen LogP contribution in [0, 0.1) is 0 Å². The van der Waals surface area contributed by atoms with Crippen molar-refractivity contribution in [3.63, 3.8) is 0 Å². The Morgan fingerprint density at radius 1 is 1.12 bits per heavy atom. The van der Waals surface area contributed by atoms with Crippen molar-refractivity contribution < 1.29 is 19.1 Å². The van der Waals surface area contributed by atoms with E-state index < -0.39 is 5.92 Å². The summed E-state index contributed by atoms with van der Waals surface area (Å²) < 4.78 is 5.28. The van der Waals surface area contributed by atoms with E-state index in [4.69, 9.17) is 4.74 Å². The number of benzene rings is 3. The molecular weight excluding hydrogens is 430 g/mol. The molecule has 1 aliphatic rings. The lowest BCUT2D eigenvalue weighted by Crippen LogP contribution is -2.46. The number of amides is 3. The van der Waals surface area contributed by atoms with Crippen LogP contribution in [-0.2, 0) is 14.4 Å². The van der Waals surface area contributed by atoms with Crippen LogP contribution >= 0.6 is 0 Å². The van der Waals surface area contributed by atoms with E-state index in [1.165, 1.54) is 4.90 Å². The number of carbonyl (C=O) groups is 3. The van der Waals surface area contributed by atoms with Gasteiger partial charge in [0.25, 0.3) is 0 Å². The molecule has 176 valence electrons. The lowest BCUT2D eigenvalue weighted by molar-refractivity contribution is -0.135. The van der Waals surface area contributed by atoms with Crippen LogP contribution in [0.25, 0.3) is 10.8 Å². The van der Waals surface area contributed by atoms with Crippen LogP contribution in [0.3, 0.4) is 0 Å². The molecule has 0 spiro atoms. The zero-order chi connectivity index (χ0) is 24.4. The lowest BCUT2D eigenvalue weighted by Gasteiger charge is -2.30. The maximum Gasteiger partial charge on any atom is 0.246 e. The third-order valence-electron chi connectivity index (χ3n) is 6.32. The van der Waals surface area contributed by atoms with E-state index in [0.717, 1.165) is 22.1 Å². The van der Waals surface area contributed by atoms with E-state index in [-0.39, 0.29) is 36.7 Å². The lowest BCUT2D eigenvalue weighted by atomic mass is 9.96. The molecule has 1 aliphatic heterocycles. The highest BCUT2D eigenvalue weighted by Crippen LogP contribution is 2.31. The van der Waals surface area contributed by atoms with Crippen LogP contribution in [0.4, 0.5) is 11.4 Å². The molecule has 0 unspecified atom stereocenters. The van der Waals surface area contributed by atoms with Crippen LogP contribution < -0.4 is 15.0 Å². The van der Waals surface area contributed by atoms with Crippen molar-refractivity contribution in [3.8, 4) is 5.75 Å². The average molecular weight is 460 g/mol. The summed E-state index contributed by atoms with van der Waals surface area (Å²) in [5.41, 5.74) is 2.12. The third-order valence-corrected chi connectivity index (χ3v) is 6.32. The number of para-hydroxylation sites is 2. The van der Waals surface area contributed by atoms with E-state index in [2.05, 4.69) is 5.32 Å². The van der Waals surface area contributed by atoms with Crippen LogP contribution in [0.15, 0.2) is 60.7 Å². The van der Waals surface area contributed by atoms with Crippen molar-refractivity contribution in [2.24, 2.45) is 0 Å². The zero-order valence-corrected chi connectivity index (χ0v) is 19.9. The fourth-order valence-corrected chi connectivity index (χ4v) is 4.44. The van der Waals surface area contributed by atoms with Gasteiger partial charge in [-0.25, -0.2) is 0 Å². The number of fused-ring (bicyclic) bond motifs is 2. The van der Waals surface area contributed by atoms with Gasteiger partial charge in [0.05, 0.1) is 30.9 Å². The molecule has 34 heavy (non-hydrogen) atoms. The Morgan fingerprint density at radius 2 is 1.82 bits per heavy atom. The Labute approximate surface area is 199 Å². The van der Waals surface area contributed by atoms with Crippen molar-refractivity contribution in [2.75, 3.05) is 30.9 Å². The Hall–Kier alpha value is -3.87. The molecule has 0 saturated heterocycles. The Balaban J connectivity index is 1.51. The van der Waals surface area contributed by atoms with Gasteiger partial charge in [0.2, 0.25) is 17.7 Å². The molecule has 3 amide bonds. The second-order valence-electron chi connectivity index (χ2n) is 8.77. The third kappa shape index (κ3) is 4.59. The number of nitrogens with zero attached hydrogens (tertiary/aromatic N) is 2. The van der Waals surface area contributed by atoms with Gasteiger partial charge < -0.3 is 19.9 Å². The molecule has 0 bridgehead atoms. The number of anilines is 2. The summed E-state index contributed by atoms with van der Waals surface area (Å²) in [5, 5.41) is 4.90. The van der Waals surface area contributed by atoms with Crippen molar-refractivity contribution in [1.29, 1.82) is 0 Å². The summed E-state index contributed by atoms with van der Waals surface area (Å²) >= 11 is 0. The van der Waals surface area contributed by atoms with Gasteiger partial charge in [-0.05, 0) is 54.4 Å². The fourth-order valence-electron chi connectivity index (χ4n) is 4.44. The Kier molecular flexibility index (Phi) is 6.54. The minimum atomic E-state index is -0.415. The molecule has 3 aromatic rings. The predicted octanol–water partition coefficient (Wildman–Crippen LogP) is 4.17. The summed E-state index contributed by atoms with van der Waals surface area (Å²) in [7, 11) is 3.27. The van der Waals surface area contributed by atoms with Crippen LogP contribution in [-0.4, -0.2) is 49.4 Å². The minimum absolute atomic E-state index is 0.0825. The topological polar surface area (TPSA) is 79.0 Å². The van der Waals surface area contributed by atoms with Crippen LogP contribution in [0.1, 0.15) is 31.7 Å². The molecule has 7 heteroatoms. The summed E-state index contributed by atoms with van der Waals surface area (Å²) in [4.78, 5) is 41.8. The first kappa shape index (κ1) is 23.3. The van der Waals surface area contributed by atoms with Crippen LogP contribution in [0.5, 0.6) is 5.75 Å². The highest BCUT2D eigenvalue weighted by atomic mass is 16.5. The number of hydrogen-bond acceptors (Lipinski definition) is 4. The van der Waals surface area contributed by atoms with Crippen molar-refractivity contribution in [1.82, 2.24) is 4.90 Å². The number of hydrogen-bond donors (Lipinski definition) is 1. The summed E-state index contributed by atoms with van der Waals surface area (Å²) in [5.74, 6) is -0.149. The molecule has 0 aliphatic carbocycles. The van der Waals surface area contributed by atoms with Gasteiger partial charge in [-0.2, -0.15) is 0 Å². The Bertz CT molecular complexity index is 1260. The second-order valence-corrected chi connectivity index (χ2v) is 8.77. The predicted molar refractivity (Wildman–Crippen MR) is 133 cm³/mol. The maximum absolute atomic E-state index is 13.3. The first-order valence-corrected chi connectivity index (χ1v) is 11.3. The largest absolute Gasteiger partial charge is 0.497 e. The zero-order valence-electron chi connectivity index (χ0n) is 19.9. The molecule has 1 heterocycles. The standard InChI is InChI=1S/C27H29N3O4/c1-17-13-25(31)28-23-7-5-6-8-24(23)30(17)26(32)16-29(3)27(33)18(2)19-9-10-21-15-22(34-4)12-11-20(21)14-19/h5-12,14-15,17-18H,13,16H2,1-4H3,(H,28,31)/t17-,18+/m0/s1. The molecule has 3 aromatic carbocycles. The van der Waals surface area contributed by atoms with E-state index in [1.54, 1.807) is 25.1 Å². The molecule has 2 atom stereocenters. The second kappa shape index (κ2) is 9.55. The van der Waals surface area contributed by atoms with Crippen molar-refractivity contribution in [2.45, 2.75) is 32.2 Å². The number of ether oxygens (including phenoxy) is 1. The van der Waals surface area contributed by atoms with Crippen molar-refractivity contribution >= 4 is 39.9 Å². The minimum Gasteiger partial charge on any atom is -0.497 e. The first-order valence-electron chi connectivity index (χ1n) is 11.3. The average Bonchev–Trinajstić information content (AvgIpc) is 2.96. The molecule has 7 nitrogen and oxygen atoms in total. The summed E-state index contributed by atoms with van der Waals surface area (Å²) in [6.07, 6.45) is 0.191. The summed E-state index contributed by atoms with van der Waals surface area (Å²) in [6.45, 7) is 3.61. The van der Waals surface area contributed by atoms with E-state index in [0.29, 0.717) is 11.4 Å². The van der Waals surface area contributed by atoms with E-state index in [1.807, 2.05) is 68.4 Å². The molecule has 4 rings (SSSR count). The SMILES string of the molecule is COc1ccc2cc([C@@H](C)C(=O)N(C)CC(=O)N3c4ccccc4NC(=O)C[C@@H]3C)ccc2c1. The van der Waals surface area contributed by atoms with Crippen LogP contribution in [0.2, 0.25) is 0 Å². The molecular formula is C27H29N3O4. The summed E-state index contributed by atoms with van der Waals surface area (Å²) in [6, 6.07) is 18.6. The van der Waals surface area contributed by atoms with Gasteiger partial charge in [0.1, 0.15) is 5.75 Å². The normalized spacial score (nSPS) is 16.3. The smallest absolute Gasteiger partial charge is 0.246 e. The number of carbonyl (C=O) groups excluding carboxylic acids is 3. The van der Waals surface area contributed by atoms with Gasteiger partial charge in [0.15, 0.2) is 0 Å². The fraction of sp³-hybridized carbons (Fsp3) is 0.296. The van der Waals surface area contributed by atoms with E-state index in [9.17, 15) is 14.4 Å². The first-order chi connectivity index (χ1) is 16.3. The molecule has 0 aromatic heterocycles. The molecule has 0 fully saturated rings. The highest BCUT2D eigenvalue weighted by Gasteiger charge is 2.31. The Morgan fingerprint density at radius 3 is 2.59 bits per heavy atom. The molecule has 0 radical (unpaired) electrons. The van der Waals surface area contributed by atoms with Gasteiger partial charge in [0, 0.05) is 19.5 Å². The van der Waals surface area contributed by atoms with Gasteiger partial charge in [-0.3, -0.25) is 14.4 Å².